The number of amides is 3. The van der Waals surface area contributed by atoms with Crippen LogP contribution < -0.4 is 20.2 Å². The zero-order chi connectivity index (χ0) is 25.7. The summed E-state index contributed by atoms with van der Waals surface area (Å²) in [6.07, 6.45) is -0.175. The van der Waals surface area contributed by atoms with Gasteiger partial charge in [0.1, 0.15) is 17.1 Å². The fourth-order valence-electron chi connectivity index (χ4n) is 3.46. The summed E-state index contributed by atoms with van der Waals surface area (Å²) in [4.78, 5) is 49.9. The van der Waals surface area contributed by atoms with E-state index in [1.54, 1.807) is 37.3 Å². The zero-order valence-corrected chi connectivity index (χ0v) is 21.5. The number of carbonyl (C=O) groups excluding carboxylic acids is 4. The highest BCUT2D eigenvalue weighted by Crippen LogP contribution is 2.31. The SMILES string of the molecule is COc1cccc(OC)c1C(=O)NN1C[C@@H](C(=O)OCC(=O)Nc2ccc(Br)c(Cl)c2C)CC1=O. The van der Waals surface area contributed by atoms with Crippen molar-refractivity contribution < 1.29 is 33.4 Å². The second kappa shape index (κ2) is 11.4. The first-order chi connectivity index (χ1) is 16.7. The van der Waals surface area contributed by atoms with E-state index in [0.717, 1.165) is 5.01 Å². The van der Waals surface area contributed by atoms with Crippen LogP contribution in [-0.4, -0.2) is 56.1 Å². The van der Waals surface area contributed by atoms with Gasteiger partial charge in [0.2, 0.25) is 5.91 Å². The first-order valence-electron chi connectivity index (χ1n) is 10.4. The normalized spacial score (nSPS) is 14.9. The largest absolute Gasteiger partial charge is 0.496 e. The first kappa shape index (κ1) is 26.3. The van der Waals surface area contributed by atoms with Crippen molar-refractivity contribution in [3.63, 3.8) is 0 Å². The molecule has 1 saturated heterocycles. The van der Waals surface area contributed by atoms with Crippen LogP contribution in [0.25, 0.3) is 0 Å². The van der Waals surface area contributed by atoms with E-state index >= 15 is 0 Å². The van der Waals surface area contributed by atoms with Gasteiger partial charge in [-0.1, -0.05) is 17.7 Å². The standard InChI is InChI=1S/C23H23BrClN3O7/c1-12-15(8-7-14(24)21(12)25)26-18(29)11-35-23(32)13-9-19(30)28(10-13)27-22(31)20-16(33-2)5-4-6-17(20)34-3/h4-8,13H,9-11H2,1-3H3,(H,26,29)(H,27,31)/t13-/m0/s1. The predicted molar refractivity (Wildman–Crippen MR) is 130 cm³/mol. The van der Waals surface area contributed by atoms with Crippen LogP contribution in [0.2, 0.25) is 5.02 Å². The van der Waals surface area contributed by atoms with Crippen LogP contribution in [-0.2, 0) is 19.1 Å². The number of nitrogens with zero attached hydrogens (tertiary/aromatic N) is 1. The van der Waals surface area contributed by atoms with Crippen molar-refractivity contribution in [2.45, 2.75) is 13.3 Å². The maximum absolute atomic E-state index is 12.8. The zero-order valence-electron chi connectivity index (χ0n) is 19.1. The summed E-state index contributed by atoms with van der Waals surface area (Å²) in [5, 5.41) is 4.12. The molecule has 10 nitrogen and oxygen atoms in total. The van der Waals surface area contributed by atoms with E-state index in [0.29, 0.717) is 20.7 Å². The Morgan fingerprint density at radius 1 is 1.14 bits per heavy atom. The first-order valence-corrected chi connectivity index (χ1v) is 11.6. The van der Waals surface area contributed by atoms with Gasteiger partial charge in [-0.05, 0) is 52.7 Å². The number of hydrogen-bond donors (Lipinski definition) is 2. The molecular weight excluding hydrogens is 546 g/mol. The molecule has 0 unspecified atom stereocenters. The van der Waals surface area contributed by atoms with Crippen LogP contribution in [0, 0.1) is 12.8 Å². The third kappa shape index (κ3) is 6.04. The molecule has 1 fully saturated rings. The predicted octanol–water partition coefficient (Wildman–Crippen LogP) is 3.10. The maximum Gasteiger partial charge on any atom is 0.311 e. The molecule has 3 rings (SSSR count). The van der Waals surface area contributed by atoms with Crippen LogP contribution in [0.1, 0.15) is 22.3 Å². The van der Waals surface area contributed by atoms with Crippen molar-refractivity contribution in [3.05, 3.63) is 51.0 Å². The molecule has 1 aliphatic heterocycles. The molecule has 2 aromatic rings. The Balaban J connectivity index is 1.56. The van der Waals surface area contributed by atoms with E-state index in [-0.39, 0.29) is 30.0 Å². The number of methoxy groups -OCH3 is 2. The van der Waals surface area contributed by atoms with Gasteiger partial charge in [-0.2, -0.15) is 0 Å². The van der Waals surface area contributed by atoms with Crippen LogP contribution >= 0.6 is 27.5 Å². The van der Waals surface area contributed by atoms with Gasteiger partial charge in [0.25, 0.3) is 11.8 Å². The number of anilines is 1. The van der Waals surface area contributed by atoms with Crippen molar-refractivity contribution in [2.75, 3.05) is 32.7 Å². The second-order valence-corrected chi connectivity index (χ2v) is 8.81. The second-order valence-electron chi connectivity index (χ2n) is 7.57. The molecule has 2 aromatic carbocycles. The number of halogens is 2. The van der Waals surface area contributed by atoms with Crippen LogP contribution in [0.4, 0.5) is 5.69 Å². The van der Waals surface area contributed by atoms with Crippen molar-refractivity contribution in [3.8, 4) is 11.5 Å². The van der Waals surface area contributed by atoms with Crippen LogP contribution in [0.5, 0.6) is 11.5 Å². The molecule has 0 spiro atoms. The minimum atomic E-state index is -0.848. The topological polar surface area (TPSA) is 123 Å². The highest BCUT2D eigenvalue weighted by Gasteiger charge is 2.37. The Labute approximate surface area is 214 Å². The summed E-state index contributed by atoms with van der Waals surface area (Å²) in [5.74, 6) is -2.72. The highest BCUT2D eigenvalue weighted by atomic mass is 79.9. The number of hydrazine groups is 1. The fraction of sp³-hybridized carbons (Fsp3) is 0.304. The molecule has 2 N–H and O–H groups in total. The summed E-state index contributed by atoms with van der Waals surface area (Å²) < 4.78 is 16.2. The molecule has 3 amide bonds. The molecule has 0 bridgehead atoms. The maximum atomic E-state index is 12.8. The average molecular weight is 569 g/mol. The third-order valence-electron chi connectivity index (χ3n) is 5.31. The van der Waals surface area contributed by atoms with Gasteiger partial charge >= 0.3 is 5.97 Å². The van der Waals surface area contributed by atoms with E-state index in [2.05, 4.69) is 26.7 Å². The third-order valence-corrected chi connectivity index (χ3v) is 6.68. The summed E-state index contributed by atoms with van der Waals surface area (Å²) >= 11 is 9.45. The van der Waals surface area contributed by atoms with Crippen molar-refractivity contribution >= 4 is 56.9 Å². The Hall–Kier alpha value is -3.31. The monoisotopic (exact) mass is 567 g/mol. The average Bonchev–Trinajstić information content (AvgIpc) is 3.22. The molecule has 186 valence electrons. The Morgan fingerprint density at radius 2 is 1.80 bits per heavy atom. The van der Waals surface area contributed by atoms with Crippen molar-refractivity contribution in [1.29, 1.82) is 0 Å². The van der Waals surface area contributed by atoms with E-state index in [4.69, 9.17) is 25.8 Å². The minimum absolute atomic E-state index is 0.107. The summed E-state index contributed by atoms with van der Waals surface area (Å²) in [7, 11) is 2.81. The molecule has 12 heteroatoms. The molecule has 1 atom stereocenters. The highest BCUT2D eigenvalue weighted by molar-refractivity contribution is 9.10. The van der Waals surface area contributed by atoms with Crippen LogP contribution in [0.15, 0.2) is 34.8 Å². The molecular formula is C23H23BrClN3O7. The molecule has 1 heterocycles. The Bertz CT molecular complexity index is 1150. The quantitative estimate of drug-likeness (QED) is 0.469. The smallest absolute Gasteiger partial charge is 0.311 e. The number of nitrogens with one attached hydrogen (secondary N) is 2. The number of carbonyl (C=O) groups is 4. The lowest BCUT2D eigenvalue weighted by Gasteiger charge is -2.19. The number of benzene rings is 2. The van der Waals surface area contributed by atoms with Crippen molar-refractivity contribution in [2.24, 2.45) is 5.92 Å². The van der Waals surface area contributed by atoms with Gasteiger partial charge in [-0.15, -0.1) is 0 Å². The van der Waals surface area contributed by atoms with E-state index < -0.39 is 36.2 Å². The van der Waals surface area contributed by atoms with E-state index in [1.807, 2.05) is 0 Å². The molecule has 1 aliphatic rings. The number of esters is 1. The lowest BCUT2D eigenvalue weighted by atomic mass is 10.1. The molecule has 0 aromatic heterocycles. The number of rotatable bonds is 8. The van der Waals surface area contributed by atoms with Gasteiger partial charge in [-0.25, -0.2) is 0 Å². The Kier molecular flexibility index (Phi) is 8.57. The fourth-order valence-corrected chi connectivity index (χ4v) is 4.05. The van der Waals surface area contributed by atoms with Crippen molar-refractivity contribution in [1.82, 2.24) is 10.4 Å². The van der Waals surface area contributed by atoms with Gasteiger partial charge in [0.05, 0.1) is 31.7 Å². The lowest BCUT2D eigenvalue weighted by molar-refractivity contribution is -0.151. The van der Waals surface area contributed by atoms with Gasteiger partial charge in [-0.3, -0.25) is 29.6 Å². The van der Waals surface area contributed by atoms with E-state index in [9.17, 15) is 19.2 Å². The minimum Gasteiger partial charge on any atom is -0.496 e. The molecule has 0 radical (unpaired) electrons. The summed E-state index contributed by atoms with van der Waals surface area (Å²) in [6, 6.07) is 8.17. The summed E-state index contributed by atoms with van der Waals surface area (Å²) in [5.41, 5.74) is 3.72. The van der Waals surface area contributed by atoms with Gasteiger partial charge in [0.15, 0.2) is 6.61 Å². The Morgan fingerprint density at radius 3 is 2.43 bits per heavy atom. The number of hydrogen-bond acceptors (Lipinski definition) is 7. The van der Waals surface area contributed by atoms with E-state index in [1.165, 1.54) is 14.2 Å². The molecule has 35 heavy (non-hydrogen) atoms. The lowest BCUT2D eigenvalue weighted by Crippen LogP contribution is -2.43. The van der Waals surface area contributed by atoms with Crippen LogP contribution in [0.3, 0.4) is 0 Å². The number of ether oxygens (including phenoxy) is 3. The van der Waals surface area contributed by atoms with Gasteiger partial charge in [0, 0.05) is 16.6 Å². The molecule has 0 saturated carbocycles. The van der Waals surface area contributed by atoms with Gasteiger partial charge < -0.3 is 19.5 Å². The molecule has 0 aliphatic carbocycles. The summed E-state index contributed by atoms with van der Waals surface area (Å²) in [6.45, 7) is 1.09.